The second kappa shape index (κ2) is 10.7. The highest BCUT2D eigenvalue weighted by molar-refractivity contribution is 7.93. The summed E-state index contributed by atoms with van der Waals surface area (Å²) in [4.78, 5) is 12.2. The lowest BCUT2D eigenvalue weighted by molar-refractivity contribution is -0.122. The van der Waals surface area contributed by atoms with Crippen LogP contribution in [0.15, 0.2) is 71.3 Å². The minimum Gasteiger partial charge on any atom is -0.494 e. The summed E-state index contributed by atoms with van der Waals surface area (Å²) in [6, 6.07) is 14.7. The van der Waals surface area contributed by atoms with Gasteiger partial charge in [0.1, 0.15) is 5.75 Å². The number of benzene rings is 2. The van der Waals surface area contributed by atoms with E-state index < -0.39 is 20.5 Å². The highest BCUT2D eigenvalue weighted by Crippen LogP contribution is 2.35. The number of sulfone groups is 1. The fourth-order valence-electron chi connectivity index (χ4n) is 4.58. The summed E-state index contributed by atoms with van der Waals surface area (Å²) < 4.78 is 35.9. The first kappa shape index (κ1) is 25.0. The number of allylic oxidation sites excluding steroid dienone is 4. The van der Waals surface area contributed by atoms with Crippen molar-refractivity contribution in [3.05, 3.63) is 77.5 Å². The minimum atomic E-state index is -3.94. The van der Waals surface area contributed by atoms with Crippen molar-refractivity contribution in [2.24, 2.45) is 11.5 Å². The lowest BCUT2D eigenvalue weighted by atomic mass is 9.94. The summed E-state index contributed by atoms with van der Waals surface area (Å²) in [5.41, 5.74) is 16.1. The third kappa shape index (κ3) is 5.44. The maximum absolute atomic E-state index is 13.2. The van der Waals surface area contributed by atoms with E-state index in [-0.39, 0.29) is 31.0 Å². The Morgan fingerprint density at radius 2 is 1.77 bits per heavy atom. The van der Waals surface area contributed by atoms with Gasteiger partial charge in [0.25, 0.3) is 0 Å². The van der Waals surface area contributed by atoms with Gasteiger partial charge in [0, 0.05) is 18.9 Å². The Morgan fingerprint density at radius 1 is 1.03 bits per heavy atom. The number of carbonyl (C=O) groups excluding carboxylic acids is 1. The monoisotopic (exact) mass is 496 g/mol. The number of amides is 1. The molecule has 1 amide bonds. The molecule has 1 fully saturated rings. The van der Waals surface area contributed by atoms with Crippen LogP contribution in [-0.2, 0) is 25.8 Å². The van der Waals surface area contributed by atoms with Gasteiger partial charge in [0.15, 0.2) is 14.6 Å². The predicted molar refractivity (Wildman–Crippen MR) is 135 cm³/mol. The predicted octanol–water partition coefficient (Wildman–Crippen LogP) is 3.53. The third-order valence-corrected chi connectivity index (χ3v) is 9.29. The Bertz CT molecular complexity index is 1230. The maximum atomic E-state index is 13.2. The van der Waals surface area contributed by atoms with E-state index in [0.717, 1.165) is 31.4 Å². The molecule has 186 valence electrons. The summed E-state index contributed by atoms with van der Waals surface area (Å²) in [5, 5.41) is 0. The number of hydrogen-bond acceptors (Lipinski definition) is 6. The summed E-state index contributed by atoms with van der Waals surface area (Å²) in [7, 11) is -3.94. The van der Waals surface area contributed by atoms with Crippen LogP contribution in [0.5, 0.6) is 5.75 Å². The van der Waals surface area contributed by atoms with Crippen LogP contribution in [0, 0.1) is 0 Å². The summed E-state index contributed by atoms with van der Waals surface area (Å²) in [6.07, 6.45) is 7.73. The van der Waals surface area contributed by atoms with Crippen molar-refractivity contribution in [3.63, 3.8) is 0 Å². The average molecular weight is 497 g/mol. The van der Waals surface area contributed by atoms with E-state index >= 15 is 0 Å². The number of carbonyl (C=O) groups is 1. The summed E-state index contributed by atoms with van der Waals surface area (Å²) >= 11 is 0. The fourth-order valence-corrected chi connectivity index (χ4v) is 6.49. The molecule has 0 atom stereocenters. The minimum absolute atomic E-state index is 0.0617. The van der Waals surface area contributed by atoms with Crippen LogP contribution in [0.4, 0.5) is 0 Å². The lowest BCUT2D eigenvalue weighted by Gasteiger charge is -2.33. The van der Waals surface area contributed by atoms with E-state index in [2.05, 4.69) is 30.3 Å². The van der Waals surface area contributed by atoms with Gasteiger partial charge < -0.3 is 20.9 Å². The van der Waals surface area contributed by atoms with Crippen molar-refractivity contribution in [2.75, 3.05) is 19.8 Å². The molecule has 2 aromatic rings. The smallest absolute Gasteiger partial charge is 0.239 e. The molecule has 4 rings (SSSR count). The molecule has 0 aromatic heterocycles. The quantitative estimate of drug-likeness (QED) is 0.512. The molecule has 7 nitrogen and oxygen atoms in total. The van der Waals surface area contributed by atoms with Crippen LogP contribution < -0.4 is 16.2 Å². The fraction of sp³-hybridized carbons (Fsp3) is 0.370. The molecule has 0 bridgehead atoms. The molecule has 0 unspecified atom stereocenters. The van der Waals surface area contributed by atoms with Crippen LogP contribution in [0.25, 0.3) is 5.57 Å². The molecular formula is C27H32N2O5S. The molecular weight excluding hydrogens is 464 g/mol. The van der Waals surface area contributed by atoms with Gasteiger partial charge in [-0.1, -0.05) is 30.3 Å². The maximum Gasteiger partial charge on any atom is 0.239 e. The number of ether oxygens (including phenoxy) is 2. The van der Waals surface area contributed by atoms with Gasteiger partial charge >= 0.3 is 0 Å². The summed E-state index contributed by atoms with van der Waals surface area (Å²) in [6.45, 7) is 0.881. The van der Waals surface area contributed by atoms with Crippen LogP contribution in [0.1, 0.15) is 43.2 Å². The standard InChI is InChI=1S/C27H32N2O5S/c28-23-8-6-21(7-9-23)22-5-1-3-20(19-22)4-2-16-34-24-10-12-25(13-11-24)35(31,32)27(26(29)30)14-17-33-18-15-27/h1,3,5-6,8,10-13,19H,2,4,7,9,14-18,28H2,(H2,29,30). The Morgan fingerprint density at radius 3 is 2.43 bits per heavy atom. The molecule has 2 aromatic carbocycles. The first-order valence-electron chi connectivity index (χ1n) is 11.9. The van der Waals surface area contributed by atoms with Crippen molar-refractivity contribution in [1.82, 2.24) is 0 Å². The average Bonchev–Trinajstić information content (AvgIpc) is 2.88. The Balaban J connectivity index is 1.33. The van der Waals surface area contributed by atoms with Crippen LogP contribution in [-0.4, -0.2) is 38.9 Å². The molecule has 0 saturated carbocycles. The molecule has 1 saturated heterocycles. The van der Waals surface area contributed by atoms with E-state index in [1.165, 1.54) is 28.8 Å². The molecule has 2 aliphatic rings. The summed E-state index contributed by atoms with van der Waals surface area (Å²) in [5.74, 6) is -0.250. The molecule has 0 spiro atoms. The normalized spacial score (nSPS) is 17.8. The van der Waals surface area contributed by atoms with Gasteiger partial charge in [-0.3, -0.25) is 4.79 Å². The SMILES string of the molecule is NC(=O)C1(S(=O)(=O)c2ccc(OCCCc3cccc(C4=CC=C(N)CC4)c3)cc2)CCOCC1. The van der Waals surface area contributed by atoms with Crippen molar-refractivity contribution in [2.45, 2.75) is 48.2 Å². The highest BCUT2D eigenvalue weighted by Gasteiger charge is 2.51. The van der Waals surface area contributed by atoms with Crippen LogP contribution >= 0.6 is 0 Å². The molecule has 0 radical (unpaired) electrons. The largest absolute Gasteiger partial charge is 0.494 e. The van der Waals surface area contributed by atoms with E-state index in [1.54, 1.807) is 12.1 Å². The molecule has 35 heavy (non-hydrogen) atoms. The van der Waals surface area contributed by atoms with Gasteiger partial charge in [-0.05, 0) is 85.6 Å². The lowest BCUT2D eigenvalue weighted by Crippen LogP contribution is -2.53. The number of aryl methyl sites for hydroxylation is 1. The van der Waals surface area contributed by atoms with Gasteiger partial charge in [-0.25, -0.2) is 8.42 Å². The topological polar surface area (TPSA) is 122 Å². The molecule has 4 N–H and O–H groups in total. The van der Waals surface area contributed by atoms with Gasteiger partial charge in [-0.2, -0.15) is 0 Å². The zero-order valence-electron chi connectivity index (χ0n) is 19.7. The zero-order valence-corrected chi connectivity index (χ0v) is 20.6. The Hall–Kier alpha value is -3.10. The van der Waals surface area contributed by atoms with Crippen LogP contribution in [0.3, 0.4) is 0 Å². The van der Waals surface area contributed by atoms with Crippen molar-refractivity contribution in [1.29, 1.82) is 0 Å². The van der Waals surface area contributed by atoms with E-state index in [4.69, 9.17) is 20.9 Å². The van der Waals surface area contributed by atoms with Gasteiger partial charge in [0.05, 0.1) is 11.5 Å². The first-order chi connectivity index (χ1) is 16.8. The zero-order chi connectivity index (χ0) is 24.9. The van der Waals surface area contributed by atoms with Gasteiger partial charge in [-0.15, -0.1) is 0 Å². The number of nitrogens with two attached hydrogens (primary N) is 2. The van der Waals surface area contributed by atoms with Crippen molar-refractivity contribution in [3.8, 4) is 5.75 Å². The second-order valence-electron chi connectivity index (χ2n) is 9.03. The van der Waals surface area contributed by atoms with Crippen molar-refractivity contribution < 1.29 is 22.7 Å². The number of hydrogen-bond donors (Lipinski definition) is 2. The number of primary amides is 1. The molecule has 8 heteroatoms. The molecule has 1 aliphatic heterocycles. The third-order valence-electron chi connectivity index (χ3n) is 6.76. The number of rotatable bonds is 9. The Kier molecular flexibility index (Phi) is 7.62. The van der Waals surface area contributed by atoms with Gasteiger partial charge in [0.2, 0.25) is 5.91 Å². The second-order valence-corrected chi connectivity index (χ2v) is 11.3. The highest BCUT2D eigenvalue weighted by atomic mass is 32.2. The van der Waals surface area contributed by atoms with E-state index in [1.807, 2.05) is 6.08 Å². The van der Waals surface area contributed by atoms with Crippen LogP contribution in [0.2, 0.25) is 0 Å². The van der Waals surface area contributed by atoms with E-state index in [0.29, 0.717) is 12.4 Å². The van der Waals surface area contributed by atoms with Crippen molar-refractivity contribution >= 4 is 21.3 Å². The molecule has 1 aliphatic carbocycles. The Labute approximate surface area is 206 Å². The first-order valence-corrected chi connectivity index (χ1v) is 13.4. The van der Waals surface area contributed by atoms with E-state index in [9.17, 15) is 13.2 Å². The molecule has 1 heterocycles.